The first-order valence-electron chi connectivity index (χ1n) is 12.8. The lowest BCUT2D eigenvalue weighted by molar-refractivity contribution is -0.132. The fourth-order valence-corrected chi connectivity index (χ4v) is 4.94. The van der Waals surface area contributed by atoms with Gasteiger partial charge in [0.05, 0.1) is 18.2 Å². The predicted octanol–water partition coefficient (Wildman–Crippen LogP) is 7.16. The van der Waals surface area contributed by atoms with Gasteiger partial charge in [-0.05, 0) is 64.6 Å². The van der Waals surface area contributed by atoms with E-state index in [1.807, 2.05) is 67.6 Å². The van der Waals surface area contributed by atoms with Crippen molar-refractivity contribution in [3.8, 4) is 5.75 Å². The Labute approximate surface area is 223 Å². The first-order valence-corrected chi connectivity index (χ1v) is 12.8. The van der Waals surface area contributed by atoms with Gasteiger partial charge in [0.2, 0.25) is 0 Å². The molecule has 0 radical (unpaired) electrons. The van der Waals surface area contributed by atoms with E-state index in [2.05, 4.69) is 20.8 Å². The van der Waals surface area contributed by atoms with Crippen LogP contribution in [0, 0.1) is 0 Å². The average Bonchev–Trinajstić information content (AvgIpc) is 3.18. The summed E-state index contributed by atoms with van der Waals surface area (Å²) in [6.45, 7) is 8.82. The first-order chi connectivity index (χ1) is 18.2. The molecule has 192 valence electrons. The highest BCUT2D eigenvalue weighted by atomic mass is 16.5. The number of amides is 1. The van der Waals surface area contributed by atoms with Crippen molar-refractivity contribution in [3.63, 3.8) is 0 Å². The molecule has 0 spiro atoms. The normalized spacial score (nSPS) is 17.3. The van der Waals surface area contributed by atoms with Gasteiger partial charge in [0, 0.05) is 11.3 Å². The van der Waals surface area contributed by atoms with Gasteiger partial charge in [0.15, 0.2) is 0 Å². The second-order valence-corrected chi connectivity index (χ2v) is 10.5. The van der Waals surface area contributed by atoms with Gasteiger partial charge in [-0.2, -0.15) is 0 Å². The predicted molar refractivity (Wildman–Crippen MR) is 151 cm³/mol. The number of ether oxygens (including phenoxy) is 1. The smallest absolute Gasteiger partial charge is 0.300 e. The van der Waals surface area contributed by atoms with E-state index in [9.17, 15) is 14.7 Å². The average molecular weight is 506 g/mol. The molecule has 38 heavy (non-hydrogen) atoms. The molecule has 1 aliphatic heterocycles. The lowest BCUT2D eigenvalue weighted by Gasteiger charge is -2.26. The number of rotatable bonds is 5. The number of hydrogen-bond acceptors (Lipinski definition) is 4. The van der Waals surface area contributed by atoms with Crippen molar-refractivity contribution in [3.05, 3.63) is 113 Å². The summed E-state index contributed by atoms with van der Waals surface area (Å²) in [6, 6.07) is 27.6. The molecule has 1 amide bonds. The number of carbonyl (C=O) groups excluding carboxylic acids is 2. The topological polar surface area (TPSA) is 66.8 Å². The number of aliphatic hydroxyl groups excluding tert-OH is 1. The number of benzene rings is 4. The molecule has 5 nitrogen and oxygen atoms in total. The van der Waals surface area contributed by atoms with Crippen LogP contribution in [0.2, 0.25) is 0 Å². The van der Waals surface area contributed by atoms with E-state index in [1.54, 1.807) is 30.3 Å². The summed E-state index contributed by atoms with van der Waals surface area (Å²) in [5, 5.41) is 13.5. The van der Waals surface area contributed by atoms with Crippen LogP contribution in [0.5, 0.6) is 5.75 Å². The number of aliphatic hydroxyl groups is 1. The monoisotopic (exact) mass is 505 g/mol. The van der Waals surface area contributed by atoms with E-state index < -0.39 is 17.7 Å². The molecule has 0 bridgehead atoms. The number of nitrogens with zero attached hydrogens (tertiary/aromatic N) is 1. The molecule has 0 saturated carbocycles. The highest BCUT2D eigenvalue weighted by molar-refractivity contribution is 6.51. The summed E-state index contributed by atoms with van der Waals surface area (Å²) >= 11 is 0. The zero-order valence-corrected chi connectivity index (χ0v) is 22.1. The first kappa shape index (κ1) is 25.3. The summed E-state index contributed by atoms with van der Waals surface area (Å²) in [6.07, 6.45) is 0. The molecule has 0 aliphatic carbocycles. The second kappa shape index (κ2) is 9.82. The van der Waals surface area contributed by atoms with Crippen molar-refractivity contribution in [1.82, 2.24) is 0 Å². The van der Waals surface area contributed by atoms with Crippen LogP contribution in [-0.2, 0) is 15.0 Å². The molecule has 5 heteroatoms. The number of hydrogen-bond donors (Lipinski definition) is 1. The number of fused-ring (bicyclic) bond motifs is 1. The standard InChI is InChI=1S/C33H31NO4/c1-5-38-27-18-16-26(17-19-27)34-29(22-12-14-25(15-13-22)33(2,3)4)28(31(36)32(34)37)30(35)24-11-10-21-8-6-7-9-23(21)20-24/h6-20,29,35H,5H2,1-4H3/b30-28-. The third-order valence-corrected chi connectivity index (χ3v) is 6.99. The summed E-state index contributed by atoms with van der Waals surface area (Å²) in [5.74, 6) is -0.904. The molecule has 5 rings (SSSR count). The number of carbonyl (C=O) groups is 2. The van der Waals surface area contributed by atoms with E-state index in [1.165, 1.54) is 4.90 Å². The van der Waals surface area contributed by atoms with Crippen LogP contribution >= 0.6 is 0 Å². The molecule has 1 heterocycles. The molecule has 1 saturated heterocycles. The largest absolute Gasteiger partial charge is 0.507 e. The van der Waals surface area contributed by atoms with Crippen molar-refractivity contribution in [2.24, 2.45) is 0 Å². The van der Waals surface area contributed by atoms with E-state index in [-0.39, 0.29) is 16.7 Å². The minimum atomic E-state index is -0.784. The summed E-state index contributed by atoms with van der Waals surface area (Å²) in [4.78, 5) is 28.5. The molecule has 0 aromatic heterocycles. The number of Topliss-reactive ketones (excluding diaryl/α,β-unsaturated/α-hetero) is 1. The van der Waals surface area contributed by atoms with Gasteiger partial charge < -0.3 is 9.84 Å². The molecule has 1 atom stereocenters. The van der Waals surface area contributed by atoms with E-state index in [0.29, 0.717) is 23.6 Å². The van der Waals surface area contributed by atoms with Gasteiger partial charge in [-0.3, -0.25) is 14.5 Å². The highest BCUT2D eigenvalue weighted by Crippen LogP contribution is 2.43. The van der Waals surface area contributed by atoms with Crippen LogP contribution in [-0.4, -0.2) is 23.4 Å². The van der Waals surface area contributed by atoms with Crippen LogP contribution in [0.25, 0.3) is 16.5 Å². The Morgan fingerprint density at radius 2 is 1.53 bits per heavy atom. The molecule has 1 unspecified atom stereocenters. The van der Waals surface area contributed by atoms with Crippen molar-refractivity contribution in [2.75, 3.05) is 11.5 Å². The maximum absolute atomic E-state index is 13.5. The Morgan fingerprint density at radius 1 is 0.868 bits per heavy atom. The van der Waals surface area contributed by atoms with Gasteiger partial charge in [-0.1, -0.05) is 81.4 Å². The van der Waals surface area contributed by atoms with Gasteiger partial charge in [0.25, 0.3) is 11.7 Å². The van der Waals surface area contributed by atoms with Crippen LogP contribution < -0.4 is 9.64 Å². The van der Waals surface area contributed by atoms with Crippen LogP contribution in [0.4, 0.5) is 5.69 Å². The Balaban J connectivity index is 1.68. The third kappa shape index (κ3) is 4.56. The van der Waals surface area contributed by atoms with Crippen molar-refractivity contribution in [2.45, 2.75) is 39.2 Å². The van der Waals surface area contributed by atoms with Gasteiger partial charge in [-0.25, -0.2) is 0 Å². The fourth-order valence-electron chi connectivity index (χ4n) is 4.94. The Bertz CT molecular complexity index is 1540. The van der Waals surface area contributed by atoms with Gasteiger partial charge in [0.1, 0.15) is 11.5 Å². The Kier molecular flexibility index (Phi) is 6.53. The minimum absolute atomic E-state index is 0.0550. The summed E-state index contributed by atoms with van der Waals surface area (Å²) in [5.41, 5.74) is 2.94. The Hall–Kier alpha value is -4.38. The molecule has 4 aromatic rings. The summed E-state index contributed by atoms with van der Waals surface area (Å²) < 4.78 is 5.56. The molecule has 4 aromatic carbocycles. The summed E-state index contributed by atoms with van der Waals surface area (Å²) in [7, 11) is 0. The Morgan fingerprint density at radius 3 is 2.16 bits per heavy atom. The van der Waals surface area contributed by atoms with Gasteiger partial charge in [-0.15, -0.1) is 0 Å². The highest BCUT2D eigenvalue weighted by Gasteiger charge is 2.47. The lowest BCUT2D eigenvalue weighted by Crippen LogP contribution is -2.29. The van der Waals surface area contributed by atoms with Crippen molar-refractivity contribution in [1.29, 1.82) is 0 Å². The quantitative estimate of drug-likeness (QED) is 0.177. The van der Waals surface area contributed by atoms with E-state index >= 15 is 0 Å². The number of anilines is 1. The second-order valence-electron chi connectivity index (χ2n) is 10.5. The maximum Gasteiger partial charge on any atom is 0.300 e. The molecule has 1 N–H and O–H groups in total. The van der Waals surface area contributed by atoms with Crippen LogP contribution in [0.1, 0.15) is 50.4 Å². The third-order valence-electron chi connectivity index (χ3n) is 6.99. The number of ketones is 1. The SMILES string of the molecule is CCOc1ccc(N2C(=O)C(=O)/C(=C(\O)c3ccc4ccccc4c3)C2c2ccc(C(C)(C)C)cc2)cc1. The zero-order chi connectivity index (χ0) is 27.0. The maximum atomic E-state index is 13.5. The van der Waals surface area contributed by atoms with Gasteiger partial charge >= 0.3 is 0 Å². The van der Waals surface area contributed by atoms with Crippen LogP contribution in [0.15, 0.2) is 96.6 Å². The fraction of sp³-hybridized carbons (Fsp3) is 0.212. The van der Waals surface area contributed by atoms with Crippen molar-refractivity contribution >= 4 is 33.9 Å². The van der Waals surface area contributed by atoms with Crippen LogP contribution in [0.3, 0.4) is 0 Å². The molecule has 1 aliphatic rings. The van der Waals surface area contributed by atoms with E-state index in [4.69, 9.17) is 4.74 Å². The minimum Gasteiger partial charge on any atom is -0.507 e. The zero-order valence-electron chi connectivity index (χ0n) is 22.1. The van der Waals surface area contributed by atoms with Crippen molar-refractivity contribution < 1.29 is 19.4 Å². The molecular weight excluding hydrogens is 474 g/mol. The molecule has 1 fully saturated rings. The lowest BCUT2D eigenvalue weighted by atomic mass is 9.85. The van der Waals surface area contributed by atoms with E-state index in [0.717, 1.165) is 21.9 Å². The molecular formula is C33H31NO4.